The Morgan fingerprint density at radius 1 is 1.18 bits per heavy atom. The fourth-order valence-electron chi connectivity index (χ4n) is 1.33. The number of hydrogen-bond acceptors (Lipinski definition) is 4. The van der Waals surface area contributed by atoms with Crippen LogP contribution in [-0.4, -0.2) is 4.98 Å². The number of nitrogens with two attached hydrogens (primary N) is 1. The smallest absolute Gasteiger partial charge is 0.140 e. The second-order valence-corrected chi connectivity index (χ2v) is 5.37. The van der Waals surface area contributed by atoms with E-state index in [4.69, 9.17) is 5.84 Å². The molecule has 2 aromatic rings. The fraction of sp³-hybridized carbons (Fsp3) is 0.0833. The van der Waals surface area contributed by atoms with Crippen LogP contribution in [-0.2, 0) is 5.75 Å². The number of rotatable bonds is 4. The predicted octanol–water partition coefficient (Wildman–Crippen LogP) is 3.42. The van der Waals surface area contributed by atoms with Crippen molar-refractivity contribution in [3.05, 3.63) is 52.6 Å². The number of aromatic nitrogens is 1. The van der Waals surface area contributed by atoms with Crippen LogP contribution in [0.4, 0.5) is 5.82 Å². The highest BCUT2D eigenvalue weighted by atomic mass is 79.9. The lowest BCUT2D eigenvalue weighted by atomic mass is 10.4. The van der Waals surface area contributed by atoms with E-state index in [2.05, 4.69) is 38.5 Å². The molecule has 1 aromatic carbocycles. The molecule has 0 unspecified atom stereocenters. The highest BCUT2D eigenvalue weighted by Gasteiger charge is 1.99. The standard InChI is InChI=1S/C12H12BrN3S/c13-9-4-6-11(7-5-9)17-8-10-2-1-3-12(15-10)16-14/h1-7H,8,14H2,(H,15,16). The van der Waals surface area contributed by atoms with Gasteiger partial charge < -0.3 is 5.43 Å². The van der Waals surface area contributed by atoms with Gasteiger partial charge in [0, 0.05) is 15.1 Å². The summed E-state index contributed by atoms with van der Waals surface area (Å²) in [5.41, 5.74) is 3.55. The highest BCUT2D eigenvalue weighted by Crippen LogP contribution is 2.23. The molecule has 1 heterocycles. The summed E-state index contributed by atoms with van der Waals surface area (Å²) >= 11 is 5.17. The van der Waals surface area contributed by atoms with Crippen molar-refractivity contribution in [2.75, 3.05) is 5.43 Å². The highest BCUT2D eigenvalue weighted by molar-refractivity contribution is 9.10. The van der Waals surface area contributed by atoms with Crippen LogP contribution in [0.5, 0.6) is 0 Å². The summed E-state index contributed by atoms with van der Waals surface area (Å²) in [5, 5.41) is 0. The number of anilines is 1. The largest absolute Gasteiger partial charge is 0.308 e. The van der Waals surface area contributed by atoms with E-state index in [9.17, 15) is 0 Å². The van der Waals surface area contributed by atoms with Crippen molar-refractivity contribution in [1.82, 2.24) is 4.98 Å². The maximum atomic E-state index is 5.32. The van der Waals surface area contributed by atoms with Crippen molar-refractivity contribution in [3.8, 4) is 0 Å². The fourth-order valence-corrected chi connectivity index (χ4v) is 2.40. The molecule has 3 nitrogen and oxygen atoms in total. The van der Waals surface area contributed by atoms with Crippen molar-refractivity contribution in [2.45, 2.75) is 10.6 Å². The van der Waals surface area contributed by atoms with Gasteiger partial charge >= 0.3 is 0 Å². The summed E-state index contributed by atoms with van der Waals surface area (Å²) in [6, 6.07) is 14.0. The third-order valence-electron chi connectivity index (χ3n) is 2.16. The van der Waals surface area contributed by atoms with Gasteiger partial charge in [0.15, 0.2) is 0 Å². The van der Waals surface area contributed by atoms with Crippen LogP contribution >= 0.6 is 27.7 Å². The number of hydrogen-bond donors (Lipinski definition) is 2. The molecular weight excluding hydrogens is 298 g/mol. The first-order valence-electron chi connectivity index (χ1n) is 5.09. The van der Waals surface area contributed by atoms with Gasteiger partial charge in [0.05, 0.1) is 5.69 Å². The molecule has 5 heteroatoms. The van der Waals surface area contributed by atoms with Crippen molar-refractivity contribution in [1.29, 1.82) is 0 Å². The van der Waals surface area contributed by atoms with E-state index in [1.807, 2.05) is 30.3 Å². The van der Waals surface area contributed by atoms with E-state index in [1.54, 1.807) is 11.8 Å². The van der Waals surface area contributed by atoms with Crippen molar-refractivity contribution < 1.29 is 0 Å². The van der Waals surface area contributed by atoms with Crippen molar-refractivity contribution >= 4 is 33.5 Å². The Bertz CT molecular complexity index is 487. The Morgan fingerprint density at radius 3 is 2.65 bits per heavy atom. The van der Waals surface area contributed by atoms with Gasteiger partial charge in [-0.1, -0.05) is 22.0 Å². The molecule has 88 valence electrons. The predicted molar refractivity (Wildman–Crippen MR) is 75.8 cm³/mol. The first-order valence-corrected chi connectivity index (χ1v) is 6.87. The number of nitrogens with zero attached hydrogens (tertiary/aromatic N) is 1. The topological polar surface area (TPSA) is 50.9 Å². The van der Waals surface area contributed by atoms with E-state index in [1.165, 1.54) is 4.90 Å². The van der Waals surface area contributed by atoms with Crippen LogP contribution in [0.2, 0.25) is 0 Å². The summed E-state index contributed by atoms with van der Waals surface area (Å²) in [4.78, 5) is 5.58. The molecule has 17 heavy (non-hydrogen) atoms. The first kappa shape index (κ1) is 12.4. The number of hydrazine groups is 1. The Morgan fingerprint density at radius 2 is 1.94 bits per heavy atom. The van der Waals surface area contributed by atoms with E-state index < -0.39 is 0 Å². The molecule has 0 aliphatic heterocycles. The third-order valence-corrected chi connectivity index (χ3v) is 3.73. The third kappa shape index (κ3) is 3.73. The Labute approximate surface area is 113 Å². The Balaban J connectivity index is 1.99. The quantitative estimate of drug-likeness (QED) is 0.516. The second-order valence-electron chi connectivity index (χ2n) is 3.40. The molecule has 2 rings (SSSR count). The molecule has 0 bridgehead atoms. The number of pyridine rings is 1. The lowest BCUT2D eigenvalue weighted by molar-refractivity contribution is 1.14. The minimum Gasteiger partial charge on any atom is -0.308 e. The molecule has 0 radical (unpaired) electrons. The average Bonchev–Trinajstić information content (AvgIpc) is 2.38. The molecule has 0 atom stereocenters. The lowest BCUT2D eigenvalue weighted by Crippen LogP contribution is -2.08. The molecule has 1 aromatic heterocycles. The van der Waals surface area contributed by atoms with Crippen LogP contribution in [0.1, 0.15) is 5.69 Å². The zero-order valence-electron chi connectivity index (χ0n) is 9.06. The van der Waals surface area contributed by atoms with Crippen molar-refractivity contribution in [3.63, 3.8) is 0 Å². The van der Waals surface area contributed by atoms with Gasteiger partial charge in [-0.3, -0.25) is 0 Å². The summed E-state index contributed by atoms with van der Waals surface area (Å²) in [5.74, 6) is 6.84. The zero-order valence-corrected chi connectivity index (χ0v) is 11.5. The molecule has 3 N–H and O–H groups in total. The van der Waals surface area contributed by atoms with Crippen LogP contribution in [0.15, 0.2) is 51.8 Å². The maximum absolute atomic E-state index is 5.32. The SMILES string of the molecule is NNc1cccc(CSc2ccc(Br)cc2)n1. The molecule has 0 saturated heterocycles. The Hall–Kier alpha value is -1.04. The molecular formula is C12H12BrN3S. The van der Waals surface area contributed by atoms with Gasteiger partial charge in [-0.25, -0.2) is 10.8 Å². The lowest BCUT2D eigenvalue weighted by Gasteiger charge is -2.04. The van der Waals surface area contributed by atoms with Crippen LogP contribution in [0.25, 0.3) is 0 Å². The number of nitrogen functional groups attached to an aromatic ring is 1. The molecule has 0 amide bonds. The number of nitrogens with one attached hydrogen (secondary N) is 1. The number of halogens is 1. The van der Waals surface area contributed by atoms with E-state index in [-0.39, 0.29) is 0 Å². The normalized spacial score (nSPS) is 10.2. The maximum Gasteiger partial charge on any atom is 0.140 e. The molecule has 0 aliphatic carbocycles. The summed E-state index contributed by atoms with van der Waals surface area (Å²) in [6.45, 7) is 0. The monoisotopic (exact) mass is 309 g/mol. The first-order chi connectivity index (χ1) is 8.28. The Kier molecular flexibility index (Phi) is 4.42. The van der Waals surface area contributed by atoms with E-state index in [0.717, 1.165) is 15.9 Å². The number of thioether (sulfide) groups is 1. The van der Waals surface area contributed by atoms with Crippen molar-refractivity contribution in [2.24, 2.45) is 5.84 Å². The van der Waals surface area contributed by atoms with Gasteiger partial charge in [0.25, 0.3) is 0 Å². The van der Waals surface area contributed by atoms with E-state index in [0.29, 0.717) is 5.82 Å². The van der Waals surface area contributed by atoms with E-state index >= 15 is 0 Å². The van der Waals surface area contributed by atoms with Gasteiger partial charge in [-0.05, 0) is 36.4 Å². The summed E-state index contributed by atoms with van der Waals surface area (Å²) in [6.07, 6.45) is 0. The minimum atomic E-state index is 0.693. The van der Waals surface area contributed by atoms with Gasteiger partial charge in [-0.15, -0.1) is 11.8 Å². The summed E-state index contributed by atoms with van der Waals surface area (Å²) in [7, 11) is 0. The second kappa shape index (κ2) is 6.05. The van der Waals surface area contributed by atoms with Crippen LogP contribution in [0.3, 0.4) is 0 Å². The van der Waals surface area contributed by atoms with Gasteiger partial charge in [0.1, 0.15) is 5.82 Å². The number of benzene rings is 1. The molecule has 0 fully saturated rings. The molecule has 0 aliphatic rings. The zero-order chi connectivity index (χ0) is 12.1. The van der Waals surface area contributed by atoms with Gasteiger partial charge in [-0.2, -0.15) is 0 Å². The molecule has 0 spiro atoms. The molecule has 0 saturated carbocycles. The summed E-state index contributed by atoms with van der Waals surface area (Å²) < 4.78 is 1.09. The van der Waals surface area contributed by atoms with Crippen LogP contribution in [0, 0.1) is 0 Å². The van der Waals surface area contributed by atoms with Crippen LogP contribution < -0.4 is 11.3 Å². The average molecular weight is 310 g/mol. The minimum absolute atomic E-state index is 0.693. The van der Waals surface area contributed by atoms with Gasteiger partial charge in [0.2, 0.25) is 0 Å².